The highest BCUT2D eigenvalue weighted by atomic mass is 32.1. The lowest BCUT2D eigenvalue weighted by Crippen LogP contribution is -2.13. The topological polar surface area (TPSA) is 85.6 Å². The molecule has 0 aliphatic carbocycles. The van der Waals surface area contributed by atoms with Gasteiger partial charge in [0, 0.05) is 13.5 Å². The summed E-state index contributed by atoms with van der Waals surface area (Å²) in [6.07, 6.45) is 0.845. The maximum atomic E-state index is 13.1. The highest BCUT2D eigenvalue weighted by molar-refractivity contribution is 7.15. The first-order valence-electron chi connectivity index (χ1n) is 8.94. The highest BCUT2D eigenvalue weighted by Crippen LogP contribution is 2.30. The predicted octanol–water partition coefficient (Wildman–Crippen LogP) is 4.31. The van der Waals surface area contributed by atoms with Gasteiger partial charge in [-0.05, 0) is 30.4 Å². The molecule has 0 unspecified atom stereocenters. The van der Waals surface area contributed by atoms with Gasteiger partial charge in [0.2, 0.25) is 5.13 Å². The third-order valence-corrected chi connectivity index (χ3v) is 6.01. The average Bonchev–Trinajstić information content (AvgIpc) is 3.36. The Morgan fingerprint density at radius 1 is 1.32 bits per heavy atom. The summed E-state index contributed by atoms with van der Waals surface area (Å²) in [7, 11) is 1.84. The third kappa shape index (κ3) is 3.55. The number of carbonyl (C=O) groups excluding carboxylic acids is 1. The zero-order chi connectivity index (χ0) is 19.8. The molecule has 4 aromatic heterocycles. The first kappa shape index (κ1) is 18.7. The third-order valence-electron chi connectivity index (χ3n) is 4.26. The van der Waals surface area contributed by atoms with Crippen molar-refractivity contribution >= 4 is 44.7 Å². The molecule has 0 atom stereocenters. The van der Waals surface area contributed by atoms with Gasteiger partial charge >= 0.3 is 0 Å². The molecule has 4 rings (SSSR count). The minimum atomic E-state index is -0.228. The van der Waals surface area contributed by atoms with Crippen molar-refractivity contribution in [2.24, 2.45) is 13.0 Å². The molecule has 0 aliphatic heterocycles. The summed E-state index contributed by atoms with van der Waals surface area (Å²) in [5.41, 5.74) is 2.75. The molecule has 0 spiro atoms. The number of rotatable bonds is 5. The van der Waals surface area contributed by atoms with Gasteiger partial charge in [0.05, 0.1) is 27.2 Å². The molecule has 0 radical (unpaired) electrons. The van der Waals surface area contributed by atoms with E-state index in [9.17, 15) is 4.79 Å². The number of aryl methyl sites for hydroxylation is 2. The van der Waals surface area contributed by atoms with Gasteiger partial charge < -0.3 is 0 Å². The van der Waals surface area contributed by atoms with Gasteiger partial charge in [-0.15, -0.1) is 21.5 Å². The number of hydrogen-bond acceptors (Lipinski definition) is 7. The summed E-state index contributed by atoms with van der Waals surface area (Å²) in [5.74, 6) is 0.260. The molecule has 0 bridgehead atoms. The molecule has 0 aliphatic rings. The summed E-state index contributed by atoms with van der Waals surface area (Å²) in [6, 6.07) is 5.79. The maximum Gasteiger partial charge on any atom is 0.258 e. The molecule has 144 valence electrons. The molecular weight excluding hydrogens is 392 g/mol. The normalized spacial score (nSPS) is 11.5. The Morgan fingerprint density at radius 2 is 2.14 bits per heavy atom. The second kappa shape index (κ2) is 7.40. The van der Waals surface area contributed by atoms with Crippen molar-refractivity contribution in [3.05, 3.63) is 39.8 Å². The first-order chi connectivity index (χ1) is 13.4. The maximum absolute atomic E-state index is 13.1. The number of anilines is 1. The fourth-order valence-electron chi connectivity index (χ4n) is 3.07. The smallest absolute Gasteiger partial charge is 0.258 e. The number of thiophene rings is 1. The lowest BCUT2D eigenvalue weighted by Gasteiger charge is -2.07. The Bertz CT molecular complexity index is 1140. The van der Waals surface area contributed by atoms with Crippen LogP contribution in [-0.2, 0) is 13.5 Å². The number of aromatic nitrogens is 5. The van der Waals surface area contributed by atoms with Crippen molar-refractivity contribution in [1.82, 2.24) is 25.0 Å². The highest BCUT2D eigenvalue weighted by Gasteiger charge is 2.20. The van der Waals surface area contributed by atoms with E-state index in [0.717, 1.165) is 33.1 Å². The largest absolute Gasteiger partial charge is 0.296 e. The molecule has 7 nitrogen and oxygen atoms in total. The lowest BCUT2D eigenvalue weighted by atomic mass is 10.1. The zero-order valence-corrected chi connectivity index (χ0v) is 17.7. The SMILES string of the molecule is Cc1nn(C)c2nc(-c3cccs3)cc(C(=O)Nc3nnc(CC(C)C)s3)c12. The summed E-state index contributed by atoms with van der Waals surface area (Å²) >= 11 is 3.00. The Balaban J connectivity index is 1.74. The number of nitrogens with zero attached hydrogens (tertiary/aromatic N) is 5. The van der Waals surface area contributed by atoms with Crippen LogP contribution < -0.4 is 5.32 Å². The van der Waals surface area contributed by atoms with E-state index < -0.39 is 0 Å². The van der Waals surface area contributed by atoms with Crippen LogP contribution in [0.1, 0.15) is 34.9 Å². The number of amides is 1. The van der Waals surface area contributed by atoms with Gasteiger partial charge in [0.1, 0.15) is 5.01 Å². The number of nitrogens with one attached hydrogen (secondary N) is 1. The molecule has 0 saturated carbocycles. The summed E-state index contributed by atoms with van der Waals surface area (Å²) < 4.78 is 1.71. The van der Waals surface area contributed by atoms with Crippen LogP contribution in [0.3, 0.4) is 0 Å². The van der Waals surface area contributed by atoms with Crippen molar-refractivity contribution in [1.29, 1.82) is 0 Å². The van der Waals surface area contributed by atoms with Crippen LogP contribution in [0.4, 0.5) is 5.13 Å². The average molecular weight is 413 g/mol. The number of hydrogen-bond donors (Lipinski definition) is 1. The van der Waals surface area contributed by atoms with Gasteiger partial charge in [-0.2, -0.15) is 5.10 Å². The quantitative estimate of drug-likeness (QED) is 0.528. The Hall–Kier alpha value is -2.65. The van der Waals surface area contributed by atoms with Crippen molar-refractivity contribution in [3.8, 4) is 10.6 Å². The Labute approximate surface area is 170 Å². The standard InChI is InChI=1S/C19H20N6OS2/c1-10(2)8-15-22-23-19(28-15)21-18(26)12-9-13(14-6-5-7-27-14)20-17-16(12)11(3)24-25(17)4/h5-7,9-10H,8H2,1-4H3,(H,21,23,26). The van der Waals surface area contributed by atoms with E-state index in [2.05, 4.69) is 34.5 Å². The minimum absolute atomic E-state index is 0.228. The fourth-order valence-corrected chi connectivity index (χ4v) is 4.71. The zero-order valence-electron chi connectivity index (χ0n) is 16.1. The van der Waals surface area contributed by atoms with E-state index in [1.165, 1.54) is 11.3 Å². The van der Waals surface area contributed by atoms with E-state index in [0.29, 0.717) is 22.3 Å². The first-order valence-corrected chi connectivity index (χ1v) is 10.6. The molecule has 0 aromatic carbocycles. The van der Waals surface area contributed by atoms with Crippen molar-refractivity contribution < 1.29 is 4.79 Å². The van der Waals surface area contributed by atoms with Crippen LogP contribution in [-0.4, -0.2) is 30.9 Å². The van der Waals surface area contributed by atoms with Gasteiger partial charge in [0.15, 0.2) is 5.65 Å². The van der Waals surface area contributed by atoms with Crippen LogP contribution >= 0.6 is 22.7 Å². The summed E-state index contributed by atoms with van der Waals surface area (Å²) in [6.45, 7) is 6.15. The molecule has 0 fully saturated rings. The molecular formula is C19H20N6OS2. The second-order valence-electron chi connectivity index (χ2n) is 6.99. The van der Waals surface area contributed by atoms with E-state index in [1.807, 2.05) is 37.6 Å². The van der Waals surface area contributed by atoms with Crippen LogP contribution in [0.15, 0.2) is 23.6 Å². The van der Waals surface area contributed by atoms with Crippen molar-refractivity contribution in [2.75, 3.05) is 5.32 Å². The molecule has 0 saturated heterocycles. The minimum Gasteiger partial charge on any atom is -0.296 e. The molecule has 28 heavy (non-hydrogen) atoms. The monoisotopic (exact) mass is 412 g/mol. The molecule has 1 N–H and O–H groups in total. The number of pyridine rings is 1. The van der Waals surface area contributed by atoms with Crippen molar-refractivity contribution in [3.63, 3.8) is 0 Å². The van der Waals surface area contributed by atoms with E-state index in [4.69, 9.17) is 4.98 Å². The van der Waals surface area contributed by atoms with E-state index in [1.54, 1.807) is 16.0 Å². The summed E-state index contributed by atoms with van der Waals surface area (Å²) in [4.78, 5) is 18.8. The van der Waals surface area contributed by atoms with Gasteiger partial charge in [-0.25, -0.2) is 4.98 Å². The molecule has 4 aromatic rings. The number of fused-ring (bicyclic) bond motifs is 1. The Kier molecular flexibility index (Phi) is 4.94. The van der Waals surface area contributed by atoms with Crippen LogP contribution in [0.2, 0.25) is 0 Å². The predicted molar refractivity (Wildman–Crippen MR) is 113 cm³/mol. The Morgan fingerprint density at radius 3 is 2.86 bits per heavy atom. The lowest BCUT2D eigenvalue weighted by molar-refractivity contribution is 0.102. The van der Waals surface area contributed by atoms with Gasteiger partial charge in [0.25, 0.3) is 5.91 Å². The summed E-state index contributed by atoms with van der Waals surface area (Å²) in [5, 5.41) is 19.8. The van der Waals surface area contributed by atoms with Crippen LogP contribution in [0.25, 0.3) is 21.6 Å². The fraction of sp³-hybridized carbons (Fsp3) is 0.316. The van der Waals surface area contributed by atoms with Crippen LogP contribution in [0, 0.1) is 12.8 Å². The van der Waals surface area contributed by atoms with Gasteiger partial charge in [-0.3, -0.25) is 14.8 Å². The number of carbonyl (C=O) groups is 1. The van der Waals surface area contributed by atoms with Gasteiger partial charge in [-0.1, -0.05) is 31.3 Å². The molecule has 9 heteroatoms. The van der Waals surface area contributed by atoms with E-state index >= 15 is 0 Å². The van der Waals surface area contributed by atoms with Crippen LogP contribution in [0.5, 0.6) is 0 Å². The molecule has 1 amide bonds. The second-order valence-corrected chi connectivity index (χ2v) is 9.00. The van der Waals surface area contributed by atoms with Crippen molar-refractivity contribution in [2.45, 2.75) is 27.2 Å². The van der Waals surface area contributed by atoms with E-state index in [-0.39, 0.29) is 5.91 Å². The molecule has 4 heterocycles.